The normalized spacial score (nSPS) is 9.79. The Labute approximate surface area is 102 Å². The van der Waals surface area contributed by atoms with E-state index in [1.807, 2.05) is 13.0 Å². The largest absolute Gasteiger partial charge is 1.00 e. The molecule has 0 radical (unpaired) electrons. The summed E-state index contributed by atoms with van der Waals surface area (Å²) < 4.78 is 4.94. The molecule has 0 aliphatic rings. The molecule has 0 fully saturated rings. The average Bonchev–Trinajstić information content (AvgIpc) is 2.49. The van der Waals surface area contributed by atoms with E-state index in [4.69, 9.17) is 4.42 Å². The molecular weight excluding hydrogens is 193 g/mol. The third-order valence-corrected chi connectivity index (χ3v) is 1.80. The van der Waals surface area contributed by atoms with E-state index in [2.05, 4.69) is 4.98 Å². The van der Waals surface area contributed by atoms with Gasteiger partial charge in [0, 0.05) is 0 Å². The van der Waals surface area contributed by atoms with E-state index in [1.54, 1.807) is 12.1 Å². The number of carbonyl (C=O) groups is 1. The Morgan fingerprint density at radius 3 is 2.79 bits per heavy atom. The SMILES string of the molecule is Cc1cccc2oc(C(=O)[O-])nc12.[Na+]. The van der Waals surface area contributed by atoms with E-state index in [0.29, 0.717) is 11.1 Å². The molecule has 0 saturated carbocycles. The van der Waals surface area contributed by atoms with Crippen LogP contribution in [-0.4, -0.2) is 11.0 Å². The van der Waals surface area contributed by atoms with Crippen LogP contribution in [0.3, 0.4) is 0 Å². The van der Waals surface area contributed by atoms with Gasteiger partial charge in [0.25, 0.3) is 0 Å². The quantitative estimate of drug-likeness (QED) is 0.476. The molecule has 2 rings (SSSR count). The van der Waals surface area contributed by atoms with Crippen molar-refractivity contribution in [2.24, 2.45) is 0 Å². The van der Waals surface area contributed by atoms with E-state index in [9.17, 15) is 9.90 Å². The third-order valence-electron chi connectivity index (χ3n) is 1.80. The summed E-state index contributed by atoms with van der Waals surface area (Å²) >= 11 is 0. The predicted octanol–water partition coefficient (Wildman–Crippen LogP) is -2.50. The van der Waals surface area contributed by atoms with E-state index >= 15 is 0 Å². The summed E-state index contributed by atoms with van der Waals surface area (Å²) in [6.07, 6.45) is 0. The number of carbonyl (C=O) groups excluding carboxylic acids is 1. The summed E-state index contributed by atoms with van der Waals surface area (Å²) in [5, 5.41) is 10.4. The van der Waals surface area contributed by atoms with Crippen LogP contribution >= 0.6 is 0 Å². The molecule has 5 heteroatoms. The van der Waals surface area contributed by atoms with Crippen LogP contribution in [0.15, 0.2) is 22.6 Å². The summed E-state index contributed by atoms with van der Waals surface area (Å²) in [6.45, 7) is 1.84. The molecule has 0 aliphatic heterocycles. The molecular formula is C9H6NNaO3. The van der Waals surface area contributed by atoms with Crippen LogP contribution in [0.5, 0.6) is 0 Å². The molecule has 0 N–H and O–H groups in total. The van der Waals surface area contributed by atoms with Gasteiger partial charge >= 0.3 is 29.6 Å². The topological polar surface area (TPSA) is 66.2 Å². The maximum Gasteiger partial charge on any atom is 1.00 e. The fourth-order valence-electron chi connectivity index (χ4n) is 1.17. The fraction of sp³-hybridized carbons (Fsp3) is 0.111. The molecule has 0 bridgehead atoms. The standard InChI is InChI=1S/C9H7NO3.Na/c1-5-3-2-4-6-7(5)10-8(13-6)9(11)12;/h2-4H,1H3,(H,11,12);/q;+1/p-1. The summed E-state index contributed by atoms with van der Waals surface area (Å²) in [7, 11) is 0. The Morgan fingerprint density at radius 2 is 2.21 bits per heavy atom. The first kappa shape index (κ1) is 11.2. The molecule has 0 saturated heterocycles. The van der Waals surface area contributed by atoms with Crippen molar-refractivity contribution in [1.29, 1.82) is 0 Å². The molecule has 0 spiro atoms. The number of aromatic nitrogens is 1. The van der Waals surface area contributed by atoms with Gasteiger partial charge in [0.15, 0.2) is 5.58 Å². The number of aryl methyl sites for hydroxylation is 1. The van der Waals surface area contributed by atoms with Crippen molar-refractivity contribution >= 4 is 17.1 Å². The van der Waals surface area contributed by atoms with Crippen LogP contribution in [0.25, 0.3) is 11.1 Å². The Kier molecular flexibility index (Phi) is 3.31. The number of benzene rings is 1. The van der Waals surface area contributed by atoms with Crippen molar-refractivity contribution < 1.29 is 43.9 Å². The molecule has 1 aromatic heterocycles. The maximum absolute atomic E-state index is 10.4. The van der Waals surface area contributed by atoms with Gasteiger partial charge in [-0.2, -0.15) is 0 Å². The number of rotatable bonds is 1. The van der Waals surface area contributed by atoms with Gasteiger partial charge in [0.2, 0.25) is 5.89 Å². The van der Waals surface area contributed by atoms with Crippen molar-refractivity contribution in [2.45, 2.75) is 6.92 Å². The minimum atomic E-state index is -1.39. The third kappa shape index (κ3) is 1.82. The van der Waals surface area contributed by atoms with Crippen molar-refractivity contribution in [3.63, 3.8) is 0 Å². The van der Waals surface area contributed by atoms with Crippen LogP contribution in [0.4, 0.5) is 0 Å². The van der Waals surface area contributed by atoms with Gasteiger partial charge in [-0.3, -0.25) is 0 Å². The molecule has 1 heterocycles. The van der Waals surface area contributed by atoms with E-state index in [0.717, 1.165) is 5.56 Å². The minimum Gasteiger partial charge on any atom is -0.540 e. The molecule has 0 aliphatic carbocycles. The Hall–Kier alpha value is -0.840. The van der Waals surface area contributed by atoms with Gasteiger partial charge in [0.05, 0.1) is 0 Å². The van der Waals surface area contributed by atoms with Gasteiger partial charge < -0.3 is 14.3 Å². The fourth-order valence-corrected chi connectivity index (χ4v) is 1.17. The van der Waals surface area contributed by atoms with Crippen LogP contribution in [-0.2, 0) is 0 Å². The Balaban J connectivity index is 0.000000980. The zero-order chi connectivity index (χ0) is 9.42. The molecule has 66 valence electrons. The second-order valence-corrected chi connectivity index (χ2v) is 2.73. The van der Waals surface area contributed by atoms with E-state index in [1.165, 1.54) is 0 Å². The summed E-state index contributed by atoms with van der Waals surface area (Å²) in [6, 6.07) is 5.29. The first-order valence-electron chi connectivity index (χ1n) is 3.76. The predicted molar refractivity (Wildman–Crippen MR) is 43.1 cm³/mol. The first-order valence-corrected chi connectivity index (χ1v) is 3.76. The van der Waals surface area contributed by atoms with Crippen molar-refractivity contribution in [3.8, 4) is 0 Å². The monoisotopic (exact) mass is 199 g/mol. The number of fused-ring (bicyclic) bond motifs is 1. The van der Waals surface area contributed by atoms with Crippen molar-refractivity contribution in [1.82, 2.24) is 4.98 Å². The zero-order valence-corrected chi connectivity index (χ0v) is 9.90. The van der Waals surface area contributed by atoms with Crippen LogP contribution in [0.1, 0.15) is 16.2 Å². The van der Waals surface area contributed by atoms with E-state index < -0.39 is 5.97 Å². The zero-order valence-electron chi connectivity index (χ0n) is 7.90. The van der Waals surface area contributed by atoms with Gasteiger partial charge in [-0.25, -0.2) is 4.98 Å². The minimum absolute atomic E-state index is 0. The number of para-hydroxylation sites is 1. The van der Waals surface area contributed by atoms with E-state index in [-0.39, 0.29) is 35.4 Å². The van der Waals surface area contributed by atoms with Gasteiger partial charge in [-0.15, -0.1) is 0 Å². The number of carboxylic acids is 1. The smallest absolute Gasteiger partial charge is 0.540 e. The van der Waals surface area contributed by atoms with Crippen molar-refractivity contribution in [3.05, 3.63) is 29.7 Å². The second kappa shape index (κ2) is 4.13. The number of nitrogens with zero attached hydrogens (tertiary/aromatic N) is 1. The van der Waals surface area contributed by atoms with Crippen LogP contribution in [0.2, 0.25) is 0 Å². The van der Waals surface area contributed by atoms with Gasteiger partial charge in [-0.05, 0) is 18.6 Å². The molecule has 4 nitrogen and oxygen atoms in total. The van der Waals surface area contributed by atoms with Crippen molar-refractivity contribution in [2.75, 3.05) is 0 Å². The summed E-state index contributed by atoms with van der Waals surface area (Å²) in [5.74, 6) is -1.76. The molecule has 1 aromatic carbocycles. The molecule has 0 atom stereocenters. The summed E-state index contributed by atoms with van der Waals surface area (Å²) in [5.41, 5.74) is 1.93. The summed E-state index contributed by atoms with van der Waals surface area (Å²) in [4.78, 5) is 14.2. The first-order chi connectivity index (χ1) is 6.18. The Morgan fingerprint density at radius 1 is 1.50 bits per heavy atom. The second-order valence-electron chi connectivity index (χ2n) is 2.73. The number of carboxylic acid groups (broad SMARTS) is 1. The molecule has 0 unspecified atom stereocenters. The number of aromatic carboxylic acids is 1. The number of oxazole rings is 1. The maximum atomic E-state index is 10.4. The number of hydrogen-bond donors (Lipinski definition) is 0. The van der Waals surface area contributed by atoms with Crippen LogP contribution in [0, 0.1) is 6.92 Å². The Bertz CT molecular complexity index is 478. The number of hydrogen-bond acceptors (Lipinski definition) is 4. The molecule has 14 heavy (non-hydrogen) atoms. The average molecular weight is 199 g/mol. The van der Waals surface area contributed by atoms with Crippen LogP contribution < -0.4 is 34.7 Å². The van der Waals surface area contributed by atoms with Gasteiger partial charge in [-0.1, -0.05) is 12.1 Å². The molecule has 0 amide bonds. The molecule has 2 aromatic rings. The van der Waals surface area contributed by atoms with Gasteiger partial charge in [0.1, 0.15) is 11.5 Å².